The van der Waals surface area contributed by atoms with Crippen LogP contribution in [0.25, 0.3) is 11.0 Å². The number of hydrogen-bond donors (Lipinski definition) is 1. The minimum atomic E-state index is -0.318. The predicted octanol–water partition coefficient (Wildman–Crippen LogP) is 3.96. The van der Waals surface area contributed by atoms with Crippen molar-refractivity contribution in [3.8, 4) is 0 Å². The summed E-state index contributed by atoms with van der Waals surface area (Å²) in [5.41, 5.74) is 7.52. The summed E-state index contributed by atoms with van der Waals surface area (Å²) in [4.78, 5) is 4.21. The largest absolute Gasteiger partial charge is 0.369 e. The van der Waals surface area contributed by atoms with Gasteiger partial charge in [-0.1, -0.05) is 20.8 Å². The highest BCUT2D eigenvalue weighted by Gasteiger charge is 2.20. The number of imidazole rings is 1. The zero-order chi connectivity index (χ0) is 13.5. The van der Waals surface area contributed by atoms with Gasteiger partial charge in [-0.2, -0.15) is 0 Å². The smallest absolute Gasteiger partial charge is 0.201 e. The lowest BCUT2D eigenvalue weighted by Crippen LogP contribution is -2.19. The lowest BCUT2D eigenvalue weighted by atomic mass is 9.90. The van der Waals surface area contributed by atoms with Crippen LogP contribution in [0.1, 0.15) is 27.2 Å². The van der Waals surface area contributed by atoms with E-state index in [0.717, 1.165) is 18.5 Å². The van der Waals surface area contributed by atoms with Crippen molar-refractivity contribution < 1.29 is 4.39 Å². The van der Waals surface area contributed by atoms with E-state index in [9.17, 15) is 4.39 Å². The molecule has 3 nitrogen and oxygen atoms in total. The van der Waals surface area contributed by atoms with Gasteiger partial charge in [-0.05, 0) is 33.8 Å². The Hall–Kier alpha value is -1.10. The molecule has 0 saturated heterocycles. The van der Waals surface area contributed by atoms with Gasteiger partial charge in [-0.3, -0.25) is 0 Å². The third-order valence-electron chi connectivity index (χ3n) is 3.36. The lowest BCUT2D eigenvalue weighted by Gasteiger charge is -2.24. The van der Waals surface area contributed by atoms with E-state index in [2.05, 4.69) is 41.7 Å². The van der Waals surface area contributed by atoms with Gasteiger partial charge in [-0.25, -0.2) is 9.37 Å². The summed E-state index contributed by atoms with van der Waals surface area (Å²) in [5, 5.41) is 0. The molecule has 0 radical (unpaired) electrons. The zero-order valence-corrected chi connectivity index (χ0v) is 12.4. The number of rotatable bonds is 3. The van der Waals surface area contributed by atoms with Gasteiger partial charge in [-0.15, -0.1) is 0 Å². The minimum absolute atomic E-state index is 0.128. The molecule has 98 valence electrons. The number of nitrogens with two attached hydrogens (primary N) is 1. The lowest BCUT2D eigenvalue weighted by molar-refractivity contribution is 0.300. The highest BCUT2D eigenvalue weighted by atomic mass is 79.9. The first kappa shape index (κ1) is 13.3. The van der Waals surface area contributed by atoms with E-state index >= 15 is 0 Å². The molecule has 0 aliphatic carbocycles. The van der Waals surface area contributed by atoms with E-state index in [1.165, 1.54) is 6.07 Å². The zero-order valence-electron chi connectivity index (χ0n) is 10.8. The average molecular weight is 314 g/mol. The summed E-state index contributed by atoms with van der Waals surface area (Å²) in [6, 6.07) is 3.14. The Morgan fingerprint density at radius 2 is 2.11 bits per heavy atom. The molecular formula is C13H17BrFN3. The fourth-order valence-corrected chi connectivity index (χ4v) is 2.18. The van der Waals surface area contributed by atoms with Crippen molar-refractivity contribution in [2.24, 2.45) is 5.41 Å². The first-order valence-corrected chi connectivity index (χ1v) is 6.74. The van der Waals surface area contributed by atoms with Crippen LogP contribution in [0.3, 0.4) is 0 Å². The van der Waals surface area contributed by atoms with Gasteiger partial charge in [0.2, 0.25) is 5.95 Å². The van der Waals surface area contributed by atoms with E-state index in [4.69, 9.17) is 5.73 Å². The van der Waals surface area contributed by atoms with Crippen LogP contribution in [-0.2, 0) is 6.54 Å². The van der Waals surface area contributed by atoms with Gasteiger partial charge in [0.05, 0.1) is 15.5 Å². The standard InChI is InChI=1S/C13H17BrFN3/c1-4-13(2,3)7-18-11-5-8(14)9(15)6-10(11)17-12(18)16/h5-6H,4,7H2,1-3H3,(H2,16,17). The molecule has 1 aromatic heterocycles. The second kappa shape index (κ2) is 4.53. The molecule has 0 aliphatic heterocycles. The summed E-state index contributed by atoms with van der Waals surface area (Å²) in [7, 11) is 0. The summed E-state index contributed by atoms with van der Waals surface area (Å²) < 4.78 is 15.8. The average Bonchev–Trinajstić information content (AvgIpc) is 2.57. The highest BCUT2D eigenvalue weighted by molar-refractivity contribution is 9.10. The van der Waals surface area contributed by atoms with Gasteiger partial charge in [0.25, 0.3) is 0 Å². The molecular weight excluding hydrogens is 297 g/mol. The Morgan fingerprint density at radius 1 is 1.44 bits per heavy atom. The van der Waals surface area contributed by atoms with Crippen LogP contribution in [0, 0.1) is 11.2 Å². The molecule has 0 saturated carbocycles. The summed E-state index contributed by atoms with van der Waals surface area (Å²) in [6.07, 6.45) is 1.04. The van der Waals surface area contributed by atoms with Gasteiger partial charge >= 0.3 is 0 Å². The Labute approximate surface area is 114 Å². The van der Waals surface area contributed by atoms with E-state index in [1.807, 2.05) is 4.57 Å². The molecule has 0 spiro atoms. The molecule has 0 fully saturated rings. The number of nitrogens with zero attached hydrogens (tertiary/aromatic N) is 2. The molecule has 2 aromatic rings. The topological polar surface area (TPSA) is 43.8 Å². The van der Waals surface area contributed by atoms with Crippen LogP contribution in [0.2, 0.25) is 0 Å². The molecule has 0 bridgehead atoms. The van der Waals surface area contributed by atoms with Crippen molar-refractivity contribution in [1.82, 2.24) is 9.55 Å². The van der Waals surface area contributed by atoms with Crippen LogP contribution < -0.4 is 5.73 Å². The van der Waals surface area contributed by atoms with Gasteiger partial charge in [0, 0.05) is 12.6 Å². The molecule has 1 heterocycles. The van der Waals surface area contributed by atoms with E-state index in [0.29, 0.717) is 15.9 Å². The maximum Gasteiger partial charge on any atom is 0.201 e. The molecule has 1 aromatic carbocycles. The number of aromatic nitrogens is 2. The monoisotopic (exact) mass is 313 g/mol. The van der Waals surface area contributed by atoms with Crippen LogP contribution in [-0.4, -0.2) is 9.55 Å². The van der Waals surface area contributed by atoms with Crippen molar-refractivity contribution in [1.29, 1.82) is 0 Å². The fraction of sp³-hybridized carbons (Fsp3) is 0.462. The molecule has 0 atom stereocenters. The first-order chi connectivity index (χ1) is 8.34. The molecule has 0 amide bonds. The maximum absolute atomic E-state index is 13.5. The first-order valence-electron chi connectivity index (χ1n) is 5.95. The van der Waals surface area contributed by atoms with Gasteiger partial charge < -0.3 is 10.3 Å². The van der Waals surface area contributed by atoms with Crippen LogP contribution in [0.4, 0.5) is 10.3 Å². The third kappa shape index (κ3) is 2.36. The number of nitrogen functional groups attached to an aromatic ring is 1. The third-order valence-corrected chi connectivity index (χ3v) is 3.97. The van der Waals surface area contributed by atoms with Crippen molar-refractivity contribution in [3.63, 3.8) is 0 Å². The number of benzene rings is 1. The van der Waals surface area contributed by atoms with E-state index in [1.54, 1.807) is 6.07 Å². The summed E-state index contributed by atoms with van der Waals surface area (Å²) in [5.74, 6) is 0.117. The Morgan fingerprint density at radius 3 is 2.72 bits per heavy atom. The van der Waals surface area contributed by atoms with Gasteiger partial charge in [0.15, 0.2) is 0 Å². The molecule has 2 rings (SSSR count). The number of hydrogen-bond acceptors (Lipinski definition) is 2. The molecule has 18 heavy (non-hydrogen) atoms. The molecule has 2 N–H and O–H groups in total. The second-order valence-electron chi connectivity index (χ2n) is 5.33. The quantitative estimate of drug-likeness (QED) is 0.932. The maximum atomic E-state index is 13.5. The summed E-state index contributed by atoms with van der Waals surface area (Å²) >= 11 is 3.20. The molecule has 5 heteroatoms. The Kier molecular flexibility index (Phi) is 3.36. The van der Waals surface area contributed by atoms with Crippen molar-refractivity contribution in [3.05, 3.63) is 22.4 Å². The van der Waals surface area contributed by atoms with Crippen LogP contribution >= 0.6 is 15.9 Å². The normalized spacial score (nSPS) is 12.3. The SMILES string of the molecule is CCC(C)(C)Cn1c(N)nc2cc(F)c(Br)cc21. The minimum Gasteiger partial charge on any atom is -0.369 e. The van der Waals surface area contributed by atoms with Crippen LogP contribution in [0.5, 0.6) is 0 Å². The number of anilines is 1. The predicted molar refractivity (Wildman–Crippen MR) is 75.9 cm³/mol. The molecule has 0 aliphatic rings. The molecule has 0 unspecified atom stereocenters. The van der Waals surface area contributed by atoms with E-state index < -0.39 is 0 Å². The second-order valence-corrected chi connectivity index (χ2v) is 6.18. The van der Waals surface area contributed by atoms with E-state index in [-0.39, 0.29) is 11.2 Å². The summed E-state index contributed by atoms with van der Waals surface area (Å²) in [6.45, 7) is 7.27. The van der Waals surface area contributed by atoms with Crippen molar-refractivity contribution in [2.45, 2.75) is 33.7 Å². The Balaban J connectivity index is 2.57. The number of halogens is 2. The van der Waals surface area contributed by atoms with Gasteiger partial charge in [0.1, 0.15) is 5.82 Å². The number of fused-ring (bicyclic) bond motifs is 1. The highest BCUT2D eigenvalue weighted by Crippen LogP contribution is 2.29. The van der Waals surface area contributed by atoms with Crippen molar-refractivity contribution >= 4 is 32.9 Å². The van der Waals surface area contributed by atoms with Crippen molar-refractivity contribution in [2.75, 3.05) is 5.73 Å². The van der Waals surface area contributed by atoms with Crippen LogP contribution in [0.15, 0.2) is 16.6 Å². The Bertz CT molecular complexity index is 589. The fourth-order valence-electron chi connectivity index (χ4n) is 1.84.